The second-order valence-corrected chi connectivity index (χ2v) is 3.70. The molecule has 90 valence electrons. The van der Waals surface area contributed by atoms with Crippen molar-refractivity contribution >= 4 is 11.6 Å². The number of hydrogen-bond donors (Lipinski definition) is 3. The standard InChI is InChI=1S/C11H15ClO4/c1-16-10-4-7(2-3-8(10)6-13)11(15)9(14)5-12/h2-4,9,11,13-15H,5-6H2,1H3. The smallest absolute Gasteiger partial charge is 0.124 e. The van der Waals surface area contributed by atoms with Gasteiger partial charge in [-0.15, -0.1) is 11.6 Å². The van der Waals surface area contributed by atoms with Gasteiger partial charge in [0.25, 0.3) is 0 Å². The van der Waals surface area contributed by atoms with E-state index in [1.54, 1.807) is 18.2 Å². The first-order chi connectivity index (χ1) is 7.63. The normalized spacial score (nSPS) is 14.6. The zero-order valence-electron chi connectivity index (χ0n) is 8.93. The van der Waals surface area contributed by atoms with Crippen LogP contribution >= 0.6 is 11.6 Å². The van der Waals surface area contributed by atoms with Gasteiger partial charge in [0.15, 0.2) is 0 Å². The van der Waals surface area contributed by atoms with Crippen LogP contribution in [0.5, 0.6) is 5.75 Å². The Hall–Kier alpha value is -0.810. The largest absolute Gasteiger partial charge is 0.496 e. The van der Waals surface area contributed by atoms with Crippen molar-refractivity contribution in [1.82, 2.24) is 0 Å². The summed E-state index contributed by atoms with van der Waals surface area (Å²) in [6, 6.07) is 4.83. The molecule has 0 heterocycles. The van der Waals surface area contributed by atoms with Crippen LogP contribution in [-0.4, -0.2) is 34.4 Å². The Morgan fingerprint density at radius 2 is 2.06 bits per heavy atom. The number of aliphatic hydroxyl groups excluding tert-OH is 3. The summed E-state index contributed by atoms with van der Waals surface area (Å²) >= 11 is 5.45. The van der Waals surface area contributed by atoms with Crippen LogP contribution in [0.4, 0.5) is 0 Å². The second kappa shape index (κ2) is 6.06. The van der Waals surface area contributed by atoms with E-state index in [0.29, 0.717) is 16.9 Å². The first kappa shape index (κ1) is 13.3. The average Bonchev–Trinajstić information content (AvgIpc) is 2.35. The first-order valence-corrected chi connectivity index (χ1v) is 5.37. The lowest BCUT2D eigenvalue weighted by atomic mass is 10.0. The monoisotopic (exact) mass is 246 g/mol. The van der Waals surface area contributed by atoms with E-state index in [1.165, 1.54) is 7.11 Å². The van der Waals surface area contributed by atoms with Crippen LogP contribution in [0.3, 0.4) is 0 Å². The van der Waals surface area contributed by atoms with E-state index in [9.17, 15) is 10.2 Å². The lowest BCUT2D eigenvalue weighted by molar-refractivity contribution is 0.0326. The molecule has 0 aliphatic rings. The van der Waals surface area contributed by atoms with Crippen LogP contribution in [0.25, 0.3) is 0 Å². The second-order valence-electron chi connectivity index (χ2n) is 3.40. The molecule has 1 aromatic rings. The van der Waals surface area contributed by atoms with E-state index in [0.717, 1.165) is 0 Å². The van der Waals surface area contributed by atoms with Gasteiger partial charge in [-0.25, -0.2) is 0 Å². The van der Waals surface area contributed by atoms with Gasteiger partial charge >= 0.3 is 0 Å². The SMILES string of the molecule is COc1cc(C(O)C(O)CCl)ccc1CO. The number of halogens is 1. The van der Waals surface area contributed by atoms with E-state index >= 15 is 0 Å². The highest BCUT2D eigenvalue weighted by atomic mass is 35.5. The van der Waals surface area contributed by atoms with Gasteiger partial charge in [0.1, 0.15) is 11.9 Å². The Bertz CT molecular complexity index is 343. The predicted molar refractivity (Wildman–Crippen MR) is 60.6 cm³/mol. The molecule has 16 heavy (non-hydrogen) atoms. The van der Waals surface area contributed by atoms with Crippen LogP contribution in [0, 0.1) is 0 Å². The van der Waals surface area contributed by atoms with Gasteiger partial charge in [-0.1, -0.05) is 12.1 Å². The topological polar surface area (TPSA) is 69.9 Å². The van der Waals surface area contributed by atoms with Gasteiger partial charge < -0.3 is 20.1 Å². The molecular weight excluding hydrogens is 232 g/mol. The minimum atomic E-state index is -1.06. The molecule has 0 aliphatic carbocycles. The van der Waals surface area contributed by atoms with Crippen molar-refractivity contribution in [2.45, 2.75) is 18.8 Å². The Morgan fingerprint density at radius 1 is 1.38 bits per heavy atom. The fraction of sp³-hybridized carbons (Fsp3) is 0.455. The fourth-order valence-corrected chi connectivity index (χ4v) is 1.55. The highest BCUT2D eigenvalue weighted by molar-refractivity contribution is 6.18. The van der Waals surface area contributed by atoms with Crippen molar-refractivity contribution in [3.8, 4) is 5.75 Å². The molecular formula is C11H15ClO4. The molecule has 1 aromatic carbocycles. The van der Waals surface area contributed by atoms with Crippen molar-refractivity contribution in [2.75, 3.05) is 13.0 Å². The maximum absolute atomic E-state index is 9.72. The molecule has 0 saturated carbocycles. The van der Waals surface area contributed by atoms with E-state index < -0.39 is 12.2 Å². The third-order valence-corrected chi connectivity index (χ3v) is 2.66. The third-order valence-electron chi connectivity index (χ3n) is 2.35. The Balaban J connectivity index is 2.98. The Labute approximate surface area is 99.1 Å². The summed E-state index contributed by atoms with van der Waals surface area (Å²) in [5.41, 5.74) is 1.13. The highest BCUT2D eigenvalue weighted by Gasteiger charge is 2.18. The van der Waals surface area contributed by atoms with E-state index in [2.05, 4.69) is 0 Å². The molecule has 0 fully saturated rings. The van der Waals surface area contributed by atoms with Crippen molar-refractivity contribution in [3.05, 3.63) is 29.3 Å². The molecule has 0 radical (unpaired) electrons. The number of methoxy groups -OCH3 is 1. The minimum absolute atomic E-state index is 0.0504. The molecule has 5 heteroatoms. The number of hydrogen-bond acceptors (Lipinski definition) is 4. The van der Waals surface area contributed by atoms with Crippen LogP contribution < -0.4 is 4.74 Å². The van der Waals surface area contributed by atoms with Gasteiger partial charge in [-0.3, -0.25) is 0 Å². The summed E-state index contributed by atoms with van der Waals surface area (Å²) in [5, 5.41) is 28.1. The number of rotatable bonds is 5. The maximum Gasteiger partial charge on any atom is 0.124 e. The molecule has 2 atom stereocenters. The summed E-state index contributed by atoms with van der Waals surface area (Å²) < 4.78 is 5.05. The molecule has 0 spiro atoms. The van der Waals surface area contributed by atoms with Crippen LogP contribution in [0.15, 0.2) is 18.2 Å². The predicted octanol–water partition coefficient (Wildman–Crippen LogP) is 0.821. The zero-order chi connectivity index (χ0) is 12.1. The maximum atomic E-state index is 9.72. The molecule has 0 aliphatic heterocycles. The van der Waals surface area contributed by atoms with E-state index in [4.69, 9.17) is 21.4 Å². The quantitative estimate of drug-likeness (QED) is 0.673. The zero-order valence-corrected chi connectivity index (χ0v) is 9.68. The van der Waals surface area contributed by atoms with Gasteiger partial charge in [0.05, 0.1) is 25.7 Å². The summed E-state index contributed by atoms with van der Waals surface area (Å²) in [7, 11) is 1.47. The summed E-state index contributed by atoms with van der Waals surface area (Å²) in [4.78, 5) is 0. The van der Waals surface area contributed by atoms with E-state index in [-0.39, 0.29) is 12.5 Å². The molecule has 4 nitrogen and oxygen atoms in total. The molecule has 1 rings (SSSR count). The summed E-state index contributed by atoms with van der Waals surface area (Å²) in [5.74, 6) is 0.423. The first-order valence-electron chi connectivity index (χ1n) is 4.83. The number of aliphatic hydroxyl groups is 3. The van der Waals surface area contributed by atoms with Crippen LogP contribution in [-0.2, 0) is 6.61 Å². The van der Waals surface area contributed by atoms with Crippen molar-refractivity contribution in [2.24, 2.45) is 0 Å². The summed E-state index contributed by atoms with van der Waals surface area (Å²) in [6.45, 7) is -0.141. The van der Waals surface area contributed by atoms with Crippen molar-refractivity contribution < 1.29 is 20.1 Å². The highest BCUT2D eigenvalue weighted by Crippen LogP contribution is 2.25. The van der Waals surface area contributed by atoms with Gasteiger partial charge in [0.2, 0.25) is 0 Å². The Kier molecular flexibility index (Phi) is 5.02. The van der Waals surface area contributed by atoms with Gasteiger partial charge in [-0.05, 0) is 11.6 Å². The minimum Gasteiger partial charge on any atom is -0.496 e. The Morgan fingerprint density at radius 3 is 2.56 bits per heavy atom. The average molecular weight is 247 g/mol. The number of benzene rings is 1. The van der Waals surface area contributed by atoms with Gasteiger partial charge in [-0.2, -0.15) is 0 Å². The summed E-state index contributed by atoms with van der Waals surface area (Å²) in [6.07, 6.45) is -2.08. The lowest BCUT2D eigenvalue weighted by Crippen LogP contribution is -2.19. The number of ether oxygens (including phenoxy) is 1. The van der Waals surface area contributed by atoms with Crippen molar-refractivity contribution in [1.29, 1.82) is 0 Å². The molecule has 0 amide bonds. The molecule has 3 N–H and O–H groups in total. The van der Waals surface area contributed by atoms with Gasteiger partial charge in [0, 0.05) is 5.56 Å². The third kappa shape index (κ3) is 2.86. The number of alkyl halides is 1. The van der Waals surface area contributed by atoms with Crippen LogP contribution in [0.1, 0.15) is 17.2 Å². The molecule has 2 unspecified atom stereocenters. The molecule has 0 bridgehead atoms. The molecule has 0 saturated heterocycles. The van der Waals surface area contributed by atoms with E-state index in [1.807, 2.05) is 0 Å². The molecule has 0 aromatic heterocycles. The van der Waals surface area contributed by atoms with Crippen LogP contribution in [0.2, 0.25) is 0 Å². The fourth-order valence-electron chi connectivity index (χ4n) is 1.38. The lowest BCUT2D eigenvalue weighted by Gasteiger charge is -2.17. The van der Waals surface area contributed by atoms with Crippen molar-refractivity contribution in [3.63, 3.8) is 0 Å².